The zero-order valence-corrected chi connectivity index (χ0v) is 8.14. The third-order valence-electron chi connectivity index (χ3n) is 1.84. The van der Waals surface area contributed by atoms with Crippen LogP contribution in [0.1, 0.15) is 0 Å². The maximum Gasteiger partial charge on any atom is 0.190 e. The molecular weight excluding hydrogens is 194 g/mol. The Balaban J connectivity index is 2.46. The van der Waals surface area contributed by atoms with Crippen LogP contribution in [0, 0.1) is 0 Å². The topological polar surface area (TPSA) is 48.7 Å². The van der Waals surface area contributed by atoms with E-state index in [9.17, 15) is 0 Å². The summed E-state index contributed by atoms with van der Waals surface area (Å²) in [6, 6.07) is 11.6. The number of para-hydroxylation sites is 1. The van der Waals surface area contributed by atoms with Crippen LogP contribution < -0.4 is 11.1 Å². The standard InChI is InChI=1S/C10H8N3S/c11-10(14)13-9-6-5-7-3-1-2-4-8(7)12-9/h1-6,11H,(H,12,13,14). The summed E-state index contributed by atoms with van der Waals surface area (Å²) < 4.78 is 0. The lowest BCUT2D eigenvalue weighted by Gasteiger charge is -2.02. The number of nitrogens with one attached hydrogen (secondary N) is 2. The number of aromatic nitrogens is 1. The average molecular weight is 202 g/mol. The molecule has 0 bridgehead atoms. The van der Waals surface area contributed by atoms with E-state index in [1.807, 2.05) is 36.4 Å². The van der Waals surface area contributed by atoms with Crippen LogP contribution >= 0.6 is 12.2 Å². The lowest BCUT2D eigenvalue weighted by Crippen LogP contribution is -2.10. The number of benzene rings is 1. The minimum absolute atomic E-state index is 0.0206. The van der Waals surface area contributed by atoms with E-state index in [4.69, 9.17) is 5.73 Å². The Morgan fingerprint density at radius 2 is 2.00 bits per heavy atom. The highest BCUT2D eigenvalue weighted by atomic mass is 32.1. The number of hydrogen-bond acceptors (Lipinski definition) is 2. The predicted molar refractivity (Wildman–Crippen MR) is 61.1 cm³/mol. The molecule has 2 N–H and O–H groups in total. The molecule has 1 heterocycles. The maximum absolute atomic E-state index is 7.10. The van der Waals surface area contributed by atoms with E-state index < -0.39 is 0 Å². The molecule has 4 heteroatoms. The van der Waals surface area contributed by atoms with Gasteiger partial charge in [0.1, 0.15) is 5.82 Å². The molecule has 1 aromatic heterocycles. The Morgan fingerprint density at radius 3 is 2.79 bits per heavy atom. The monoisotopic (exact) mass is 202 g/mol. The quantitative estimate of drug-likeness (QED) is 0.721. The molecule has 1 aromatic carbocycles. The summed E-state index contributed by atoms with van der Waals surface area (Å²) in [5.41, 5.74) is 8.00. The molecule has 3 nitrogen and oxygen atoms in total. The summed E-state index contributed by atoms with van der Waals surface area (Å²) in [6.45, 7) is 0. The van der Waals surface area contributed by atoms with Crippen molar-refractivity contribution in [2.45, 2.75) is 0 Å². The first kappa shape index (κ1) is 8.90. The van der Waals surface area contributed by atoms with Crippen LogP contribution in [0.3, 0.4) is 0 Å². The SMILES string of the molecule is [NH]C(=S)Nc1ccc2ccccc2n1. The number of hydrogen-bond donors (Lipinski definition) is 1. The van der Waals surface area contributed by atoms with Gasteiger partial charge >= 0.3 is 0 Å². The van der Waals surface area contributed by atoms with Crippen molar-refractivity contribution in [3.8, 4) is 0 Å². The van der Waals surface area contributed by atoms with Crippen LogP contribution in [0.25, 0.3) is 10.9 Å². The fourth-order valence-corrected chi connectivity index (χ4v) is 1.36. The molecule has 0 saturated carbocycles. The van der Waals surface area contributed by atoms with Crippen molar-refractivity contribution in [1.82, 2.24) is 10.7 Å². The van der Waals surface area contributed by atoms with Crippen molar-refractivity contribution in [3.63, 3.8) is 0 Å². The largest absolute Gasteiger partial charge is 0.316 e. The first-order chi connectivity index (χ1) is 6.75. The summed E-state index contributed by atoms with van der Waals surface area (Å²) in [7, 11) is 0. The van der Waals surface area contributed by atoms with Gasteiger partial charge in [0.15, 0.2) is 5.11 Å². The number of nitrogens with zero attached hydrogens (tertiary/aromatic N) is 1. The molecule has 0 spiro atoms. The first-order valence-electron chi connectivity index (χ1n) is 4.14. The number of thiocarbonyl (C=S) groups is 1. The van der Waals surface area contributed by atoms with Gasteiger partial charge in [0.25, 0.3) is 0 Å². The Labute approximate surface area is 86.9 Å². The lowest BCUT2D eigenvalue weighted by atomic mass is 10.2. The molecule has 0 aliphatic heterocycles. The molecule has 2 aromatic rings. The van der Waals surface area contributed by atoms with Gasteiger partial charge in [0.2, 0.25) is 0 Å². The van der Waals surface area contributed by atoms with E-state index in [0.29, 0.717) is 5.82 Å². The molecule has 1 radical (unpaired) electrons. The van der Waals surface area contributed by atoms with Crippen molar-refractivity contribution in [3.05, 3.63) is 36.4 Å². The molecule has 0 fully saturated rings. The molecule has 0 amide bonds. The van der Waals surface area contributed by atoms with Gasteiger partial charge in [-0.3, -0.25) is 5.73 Å². The third kappa shape index (κ3) is 1.80. The zero-order valence-electron chi connectivity index (χ0n) is 7.32. The number of fused-ring (bicyclic) bond motifs is 1. The van der Waals surface area contributed by atoms with E-state index in [1.54, 1.807) is 0 Å². The summed E-state index contributed by atoms with van der Waals surface area (Å²) >= 11 is 4.62. The summed E-state index contributed by atoms with van der Waals surface area (Å²) in [6.07, 6.45) is 0. The summed E-state index contributed by atoms with van der Waals surface area (Å²) in [4.78, 5) is 4.30. The second kappa shape index (κ2) is 3.59. The van der Waals surface area contributed by atoms with E-state index in [-0.39, 0.29) is 5.11 Å². The number of pyridine rings is 1. The van der Waals surface area contributed by atoms with Gasteiger partial charge in [-0.1, -0.05) is 18.2 Å². The second-order valence-corrected chi connectivity index (χ2v) is 3.25. The fourth-order valence-electron chi connectivity index (χ4n) is 1.25. The predicted octanol–water partition coefficient (Wildman–Crippen LogP) is 2.21. The lowest BCUT2D eigenvalue weighted by molar-refractivity contribution is 1.39. The molecule has 0 saturated heterocycles. The molecule has 14 heavy (non-hydrogen) atoms. The van der Waals surface area contributed by atoms with E-state index >= 15 is 0 Å². The Kier molecular flexibility index (Phi) is 2.28. The smallest absolute Gasteiger partial charge is 0.190 e. The molecule has 69 valence electrons. The van der Waals surface area contributed by atoms with Gasteiger partial charge in [-0.15, -0.1) is 0 Å². The van der Waals surface area contributed by atoms with E-state index in [2.05, 4.69) is 22.5 Å². The second-order valence-electron chi connectivity index (χ2n) is 2.84. The van der Waals surface area contributed by atoms with Crippen molar-refractivity contribution < 1.29 is 0 Å². The van der Waals surface area contributed by atoms with Crippen molar-refractivity contribution >= 4 is 34.1 Å². The summed E-state index contributed by atoms with van der Waals surface area (Å²) in [5, 5.41) is 3.74. The minimum atomic E-state index is -0.0206. The first-order valence-corrected chi connectivity index (χ1v) is 4.55. The van der Waals surface area contributed by atoms with Crippen LogP contribution in [0.15, 0.2) is 36.4 Å². The van der Waals surface area contributed by atoms with Crippen molar-refractivity contribution in [1.29, 1.82) is 0 Å². The molecule has 0 atom stereocenters. The zero-order chi connectivity index (χ0) is 9.97. The molecular formula is C10H8N3S. The minimum Gasteiger partial charge on any atom is -0.316 e. The van der Waals surface area contributed by atoms with Gasteiger partial charge in [0.05, 0.1) is 5.52 Å². The third-order valence-corrected chi connectivity index (χ3v) is 1.94. The van der Waals surface area contributed by atoms with Crippen molar-refractivity contribution in [2.24, 2.45) is 0 Å². The van der Waals surface area contributed by atoms with Crippen LogP contribution in [0.2, 0.25) is 0 Å². The van der Waals surface area contributed by atoms with Crippen LogP contribution in [0.5, 0.6) is 0 Å². The van der Waals surface area contributed by atoms with E-state index in [0.717, 1.165) is 10.9 Å². The van der Waals surface area contributed by atoms with Gasteiger partial charge in [0, 0.05) is 5.39 Å². The van der Waals surface area contributed by atoms with Crippen LogP contribution in [-0.4, -0.2) is 10.1 Å². The van der Waals surface area contributed by atoms with Crippen LogP contribution in [-0.2, 0) is 0 Å². The van der Waals surface area contributed by atoms with Gasteiger partial charge < -0.3 is 5.32 Å². The average Bonchev–Trinajstić information content (AvgIpc) is 2.17. The molecule has 0 unspecified atom stereocenters. The maximum atomic E-state index is 7.10. The molecule has 0 aliphatic rings. The molecule has 0 aliphatic carbocycles. The normalized spacial score (nSPS) is 10.0. The fraction of sp³-hybridized carbons (Fsp3) is 0. The van der Waals surface area contributed by atoms with E-state index in [1.165, 1.54) is 0 Å². The van der Waals surface area contributed by atoms with Crippen LogP contribution in [0.4, 0.5) is 5.82 Å². The number of rotatable bonds is 1. The Bertz CT molecular complexity index is 482. The van der Waals surface area contributed by atoms with Gasteiger partial charge in [-0.25, -0.2) is 4.98 Å². The number of anilines is 1. The summed E-state index contributed by atoms with van der Waals surface area (Å²) in [5.74, 6) is 0.615. The Morgan fingerprint density at radius 1 is 1.21 bits per heavy atom. The highest BCUT2D eigenvalue weighted by Crippen LogP contribution is 2.14. The highest BCUT2D eigenvalue weighted by molar-refractivity contribution is 7.80. The highest BCUT2D eigenvalue weighted by Gasteiger charge is 1.97. The van der Waals surface area contributed by atoms with Gasteiger partial charge in [-0.05, 0) is 30.4 Å². The van der Waals surface area contributed by atoms with Crippen molar-refractivity contribution in [2.75, 3.05) is 5.32 Å². The molecule has 2 rings (SSSR count). The Hall–Kier alpha value is -1.68. The van der Waals surface area contributed by atoms with Gasteiger partial charge in [-0.2, -0.15) is 0 Å².